The Bertz CT molecular complexity index is 663. The monoisotopic (exact) mass is 304 g/mol. The summed E-state index contributed by atoms with van der Waals surface area (Å²) >= 11 is 0. The third-order valence-electron chi connectivity index (χ3n) is 2.48. The Kier molecular flexibility index (Phi) is 5.10. The van der Waals surface area contributed by atoms with E-state index >= 15 is 0 Å². The molecule has 8 nitrogen and oxygen atoms in total. The number of carbonyl (C=O) groups excluding carboxylic acids is 1. The van der Waals surface area contributed by atoms with Gasteiger partial charge in [-0.25, -0.2) is 4.98 Å². The maximum absolute atomic E-state index is 11.1. The molecule has 0 aliphatic rings. The predicted molar refractivity (Wildman–Crippen MR) is 75.0 cm³/mol. The molecule has 0 fully saturated rings. The molecule has 1 aromatic carbocycles. The fraction of sp³-hybridized carbons (Fsp3) is 0.214. The lowest BCUT2D eigenvalue weighted by Crippen LogP contribution is -2.16. The van der Waals surface area contributed by atoms with Crippen LogP contribution in [0.2, 0.25) is 0 Å². The van der Waals surface area contributed by atoms with Gasteiger partial charge in [0.05, 0.1) is 13.7 Å². The molecule has 0 unspecified atom stereocenters. The Balaban J connectivity index is 2.29. The van der Waals surface area contributed by atoms with Gasteiger partial charge >= 0.3 is 0 Å². The number of hydrogen-bond donors (Lipinski definition) is 2. The average Bonchev–Trinajstić information content (AvgIpc) is 2.54. The summed E-state index contributed by atoms with van der Waals surface area (Å²) < 4.78 is 15.9. The molecule has 1 aromatic heterocycles. The number of aromatic nitrogens is 2. The standard InChI is InChI=1S/C14H14N3O5/c1-20-9-3-2-4-10(7-9)22-11-8-16-13(12(15)19)17-14(11)21-6-5-18/h2-4,7,18H,5-6H2,1H3,(H2,15,19). The first-order valence-electron chi connectivity index (χ1n) is 6.29. The molecule has 0 spiro atoms. The number of carbonyl (C=O) groups is 1. The Morgan fingerprint density at radius 2 is 2.18 bits per heavy atom. The van der Waals surface area contributed by atoms with Gasteiger partial charge in [0.15, 0.2) is 0 Å². The van der Waals surface area contributed by atoms with Gasteiger partial charge in [0.1, 0.15) is 24.3 Å². The molecule has 0 bridgehead atoms. The number of aliphatic hydroxyl groups excluding tert-OH is 1. The molecule has 1 heterocycles. The molecule has 0 saturated heterocycles. The van der Waals surface area contributed by atoms with Gasteiger partial charge in [-0.2, -0.15) is 4.98 Å². The fourth-order valence-electron chi connectivity index (χ4n) is 1.52. The first kappa shape index (κ1) is 15.5. The van der Waals surface area contributed by atoms with Crippen LogP contribution in [0.5, 0.6) is 23.1 Å². The van der Waals surface area contributed by atoms with Crippen molar-refractivity contribution in [2.45, 2.75) is 0 Å². The van der Waals surface area contributed by atoms with Crippen molar-refractivity contribution in [3.05, 3.63) is 36.3 Å². The van der Waals surface area contributed by atoms with Crippen molar-refractivity contribution >= 4 is 5.91 Å². The van der Waals surface area contributed by atoms with E-state index < -0.39 is 5.91 Å². The zero-order valence-corrected chi connectivity index (χ0v) is 11.8. The molecule has 0 aliphatic heterocycles. The summed E-state index contributed by atoms with van der Waals surface area (Å²) in [4.78, 5) is 18.6. The summed E-state index contributed by atoms with van der Waals surface area (Å²) in [5, 5.41) is 8.83. The van der Waals surface area contributed by atoms with Gasteiger partial charge in [-0.1, -0.05) is 6.07 Å². The Hall–Kier alpha value is -2.87. The van der Waals surface area contributed by atoms with Crippen molar-refractivity contribution in [3.63, 3.8) is 0 Å². The Labute approximate surface area is 126 Å². The molecular weight excluding hydrogens is 290 g/mol. The van der Waals surface area contributed by atoms with E-state index in [0.29, 0.717) is 11.5 Å². The van der Waals surface area contributed by atoms with E-state index in [9.17, 15) is 4.79 Å². The van der Waals surface area contributed by atoms with Gasteiger partial charge in [-0.15, -0.1) is 0 Å². The summed E-state index contributed by atoms with van der Waals surface area (Å²) in [6.07, 6.45) is 2.50. The quantitative estimate of drug-likeness (QED) is 0.767. The van der Waals surface area contributed by atoms with Crippen LogP contribution in [-0.2, 0) is 0 Å². The summed E-state index contributed by atoms with van der Waals surface area (Å²) in [6.45, 7) is -0.258. The molecule has 0 atom stereocenters. The van der Waals surface area contributed by atoms with E-state index in [1.807, 2.05) is 0 Å². The minimum atomic E-state index is -0.821. The second-order valence-corrected chi connectivity index (χ2v) is 4.01. The third-order valence-corrected chi connectivity index (χ3v) is 2.48. The number of primary amides is 1. The lowest BCUT2D eigenvalue weighted by Gasteiger charge is -2.11. The number of aliphatic hydroxyl groups is 1. The smallest absolute Gasteiger partial charge is 0.286 e. The van der Waals surface area contributed by atoms with Crippen molar-refractivity contribution in [3.8, 4) is 23.1 Å². The first-order valence-corrected chi connectivity index (χ1v) is 6.29. The average molecular weight is 304 g/mol. The highest BCUT2D eigenvalue weighted by molar-refractivity contribution is 5.88. The summed E-state index contributed by atoms with van der Waals surface area (Å²) in [6, 6.07) is 6.83. The molecule has 2 aromatic rings. The highest BCUT2D eigenvalue weighted by Crippen LogP contribution is 2.30. The van der Waals surface area contributed by atoms with Gasteiger partial charge in [0.25, 0.3) is 11.8 Å². The van der Waals surface area contributed by atoms with Crippen LogP contribution in [0.3, 0.4) is 0 Å². The third kappa shape index (κ3) is 3.83. The number of benzene rings is 1. The molecule has 22 heavy (non-hydrogen) atoms. The zero-order valence-electron chi connectivity index (χ0n) is 11.8. The summed E-state index contributed by atoms with van der Waals surface area (Å²) in [7, 11) is 1.53. The van der Waals surface area contributed by atoms with E-state index in [4.69, 9.17) is 25.1 Å². The highest BCUT2D eigenvalue weighted by Gasteiger charge is 2.15. The second-order valence-electron chi connectivity index (χ2n) is 4.01. The maximum atomic E-state index is 11.1. The number of amides is 1. The predicted octanol–water partition coefficient (Wildman–Crippen LogP) is 0.548. The SMILES string of the molecule is COc1cccc(Oc2[c]nc(C(N)=O)nc2OCCO)c1. The van der Waals surface area contributed by atoms with E-state index in [1.54, 1.807) is 24.3 Å². The minimum Gasteiger partial charge on any atom is -0.497 e. The number of nitrogens with zero attached hydrogens (tertiary/aromatic N) is 2. The Morgan fingerprint density at radius 3 is 2.86 bits per heavy atom. The van der Waals surface area contributed by atoms with Crippen LogP contribution < -0.4 is 19.9 Å². The lowest BCUT2D eigenvalue weighted by atomic mass is 10.3. The molecule has 0 saturated carbocycles. The van der Waals surface area contributed by atoms with E-state index in [0.717, 1.165) is 0 Å². The largest absolute Gasteiger partial charge is 0.497 e. The van der Waals surface area contributed by atoms with Crippen LogP contribution in [0.1, 0.15) is 10.6 Å². The van der Waals surface area contributed by atoms with Crippen molar-refractivity contribution in [1.29, 1.82) is 0 Å². The maximum Gasteiger partial charge on any atom is 0.286 e. The molecule has 1 amide bonds. The number of rotatable bonds is 7. The molecule has 3 N–H and O–H groups in total. The van der Waals surface area contributed by atoms with Crippen LogP contribution in [-0.4, -0.2) is 41.3 Å². The molecule has 8 heteroatoms. The van der Waals surface area contributed by atoms with E-state index in [1.165, 1.54) is 7.11 Å². The van der Waals surface area contributed by atoms with Crippen molar-refractivity contribution < 1.29 is 24.1 Å². The zero-order chi connectivity index (χ0) is 15.9. The molecule has 1 radical (unpaired) electrons. The molecule has 115 valence electrons. The number of nitrogens with two attached hydrogens (primary N) is 1. The van der Waals surface area contributed by atoms with Crippen molar-refractivity contribution in [1.82, 2.24) is 9.97 Å². The number of hydrogen-bond acceptors (Lipinski definition) is 7. The summed E-state index contributed by atoms with van der Waals surface area (Å²) in [5.41, 5.74) is 5.11. The summed E-state index contributed by atoms with van der Waals surface area (Å²) in [5.74, 6) is -0.0128. The van der Waals surface area contributed by atoms with E-state index in [2.05, 4.69) is 16.2 Å². The van der Waals surface area contributed by atoms with Crippen LogP contribution >= 0.6 is 0 Å². The van der Waals surface area contributed by atoms with Crippen LogP contribution in [0.25, 0.3) is 0 Å². The molecule has 2 rings (SSSR count). The van der Waals surface area contributed by atoms with Gasteiger partial charge in [0.2, 0.25) is 11.6 Å². The van der Waals surface area contributed by atoms with E-state index in [-0.39, 0.29) is 30.7 Å². The minimum absolute atomic E-state index is 0.0302. The highest BCUT2D eigenvalue weighted by atomic mass is 16.5. The Morgan fingerprint density at radius 1 is 1.41 bits per heavy atom. The lowest BCUT2D eigenvalue weighted by molar-refractivity contribution is 0.0988. The van der Waals surface area contributed by atoms with Crippen LogP contribution in [0, 0.1) is 6.20 Å². The van der Waals surface area contributed by atoms with Gasteiger partial charge < -0.3 is 25.1 Å². The van der Waals surface area contributed by atoms with Gasteiger partial charge in [-0.3, -0.25) is 4.79 Å². The first-order chi connectivity index (χ1) is 10.6. The van der Waals surface area contributed by atoms with Gasteiger partial charge in [0, 0.05) is 6.07 Å². The van der Waals surface area contributed by atoms with Crippen molar-refractivity contribution in [2.24, 2.45) is 5.73 Å². The normalized spacial score (nSPS) is 10.1. The molecular formula is C14H14N3O5. The topological polar surface area (TPSA) is 117 Å². The van der Waals surface area contributed by atoms with Crippen molar-refractivity contribution in [2.75, 3.05) is 20.3 Å². The number of methoxy groups -OCH3 is 1. The van der Waals surface area contributed by atoms with Gasteiger partial charge in [-0.05, 0) is 12.1 Å². The second kappa shape index (κ2) is 7.23. The van der Waals surface area contributed by atoms with Crippen LogP contribution in [0.15, 0.2) is 24.3 Å². The fourth-order valence-corrected chi connectivity index (χ4v) is 1.52. The van der Waals surface area contributed by atoms with Crippen LogP contribution in [0.4, 0.5) is 0 Å². The molecule has 0 aliphatic carbocycles. The number of ether oxygens (including phenoxy) is 3.